The highest BCUT2D eigenvalue weighted by Gasteiger charge is 2.02. The SMILES string of the molecule is CCCOC(=O)C=CC(=O)Oc1ccc(Cl)cc1. The Kier molecular flexibility index (Phi) is 5.94. The molecule has 0 N–H and O–H groups in total. The van der Waals surface area contributed by atoms with Crippen LogP contribution in [0.2, 0.25) is 5.02 Å². The number of benzene rings is 1. The molecule has 5 heteroatoms. The average molecular weight is 269 g/mol. The molecule has 0 radical (unpaired) electrons. The van der Waals surface area contributed by atoms with Crippen LogP contribution in [0.25, 0.3) is 0 Å². The lowest BCUT2D eigenvalue weighted by molar-refractivity contribution is -0.138. The van der Waals surface area contributed by atoms with E-state index < -0.39 is 11.9 Å². The quantitative estimate of drug-likeness (QED) is 0.468. The van der Waals surface area contributed by atoms with E-state index in [1.54, 1.807) is 24.3 Å². The fourth-order valence-electron chi connectivity index (χ4n) is 1.04. The number of hydrogen-bond donors (Lipinski definition) is 0. The van der Waals surface area contributed by atoms with E-state index in [1.807, 2.05) is 6.92 Å². The Hall–Kier alpha value is -1.81. The largest absolute Gasteiger partial charge is 0.463 e. The first-order valence-electron chi connectivity index (χ1n) is 5.44. The molecule has 0 spiro atoms. The first kappa shape index (κ1) is 14.3. The van der Waals surface area contributed by atoms with Gasteiger partial charge in [-0.15, -0.1) is 0 Å². The fraction of sp³-hybridized carbons (Fsp3) is 0.231. The molecule has 96 valence electrons. The van der Waals surface area contributed by atoms with E-state index in [-0.39, 0.29) is 0 Å². The molecule has 0 fully saturated rings. The van der Waals surface area contributed by atoms with Crippen LogP contribution < -0.4 is 4.74 Å². The summed E-state index contributed by atoms with van der Waals surface area (Å²) in [5.74, 6) is -0.855. The van der Waals surface area contributed by atoms with Crippen LogP contribution in [0, 0.1) is 0 Å². The van der Waals surface area contributed by atoms with Gasteiger partial charge in [0.1, 0.15) is 5.75 Å². The summed E-state index contributed by atoms with van der Waals surface area (Å²) >= 11 is 5.68. The van der Waals surface area contributed by atoms with Gasteiger partial charge < -0.3 is 9.47 Å². The van der Waals surface area contributed by atoms with Gasteiger partial charge in [0.25, 0.3) is 0 Å². The third-order valence-electron chi connectivity index (χ3n) is 1.84. The van der Waals surface area contributed by atoms with Crippen molar-refractivity contribution in [2.75, 3.05) is 6.61 Å². The van der Waals surface area contributed by atoms with Crippen LogP contribution in [0.5, 0.6) is 5.75 Å². The van der Waals surface area contributed by atoms with Gasteiger partial charge >= 0.3 is 11.9 Å². The number of ether oxygens (including phenoxy) is 2. The molecule has 1 aromatic rings. The zero-order valence-electron chi connectivity index (χ0n) is 9.89. The van der Waals surface area contributed by atoms with Crippen LogP contribution in [-0.4, -0.2) is 18.5 Å². The van der Waals surface area contributed by atoms with E-state index in [9.17, 15) is 9.59 Å². The second-order valence-electron chi connectivity index (χ2n) is 3.38. The summed E-state index contributed by atoms with van der Waals surface area (Å²) in [7, 11) is 0. The summed E-state index contributed by atoms with van der Waals surface area (Å²) in [5, 5.41) is 0.550. The Morgan fingerprint density at radius 1 is 1.17 bits per heavy atom. The monoisotopic (exact) mass is 268 g/mol. The molecule has 0 aromatic heterocycles. The van der Waals surface area contributed by atoms with Crippen molar-refractivity contribution in [3.63, 3.8) is 0 Å². The van der Waals surface area contributed by atoms with Gasteiger partial charge in [0.05, 0.1) is 6.61 Å². The van der Waals surface area contributed by atoms with Crippen molar-refractivity contribution in [1.29, 1.82) is 0 Å². The van der Waals surface area contributed by atoms with Gasteiger partial charge in [0.2, 0.25) is 0 Å². The molecule has 0 aliphatic rings. The van der Waals surface area contributed by atoms with Gasteiger partial charge in [-0.05, 0) is 30.7 Å². The fourth-order valence-corrected chi connectivity index (χ4v) is 1.17. The van der Waals surface area contributed by atoms with E-state index >= 15 is 0 Å². The number of carbonyl (C=O) groups is 2. The van der Waals surface area contributed by atoms with Crippen LogP contribution in [0.1, 0.15) is 13.3 Å². The third kappa shape index (κ3) is 5.50. The maximum atomic E-state index is 11.3. The van der Waals surface area contributed by atoms with Gasteiger partial charge in [-0.3, -0.25) is 0 Å². The third-order valence-corrected chi connectivity index (χ3v) is 2.09. The first-order chi connectivity index (χ1) is 8.61. The maximum Gasteiger partial charge on any atom is 0.336 e. The van der Waals surface area contributed by atoms with Crippen molar-refractivity contribution in [1.82, 2.24) is 0 Å². The predicted molar refractivity (Wildman–Crippen MR) is 67.5 cm³/mol. The highest BCUT2D eigenvalue weighted by atomic mass is 35.5. The summed E-state index contributed by atoms with van der Waals surface area (Å²) in [6, 6.07) is 6.32. The lowest BCUT2D eigenvalue weighted by Crippen LogP contribution is -2.06. The lowest BCUT2D eigenvalue weighted by atomic mass is 10.3. The van der Waals surface area contributed by atoms with E-state index in [4.69, 9.17) is 21.1 Å². The first-order valence-corrected chi connectivity index (χ1v) is 5.82. The maximum absolute atomic E-state index is 11.3. The molecule has 0 heterocycles. The molecule has 0 unspecified atom stereocenters. The Labute approximate surface area is 110 Å². The van der Waals surface area contributed by atoms with E-state index in [2.05, 4.69) is 0 Å². The summed E-state index contributed by atoms with van der Waals surface area (Å²) in [4.78, 5) is 22.4. The molecular weight excluding hydrogens is 256 g/mol. The van der Waals surface area contributed by atoms with Crippen LogP contribution in [-0.2, 0) is 14.3 Å². The molecule has 0 atom stereocenters. The number of esters is 2. The highest BCUT2D eigenvalue weighted by Crippen LogP contribution is 2.15. The number of halogens is 1. The molecule has 0 amide bonds. The zero-order chi connectivity index (χ0) is 13.4. The van der Waals surface area contributed by atoms with Gasteiger partial charge in [-0.1, -0.05) is 18.5 Å². The average Bonchev–Trinajstić information content (AvgIpc) is 2.36. The van der Waals surface area contributed by atoms with Gasteiger partial charge in [-0.2, -0.15) is 0 Å². The van der Waals surface area contributed by atoms with Crippen LogP contribution in [0.3, 0.4) is 0 Å². The zero-order valence-corrected chi connectivity index (χ0v) is 10.6. The summed E-state index contributed by atoms with van der Waals surface area (Å²) in [6.07, 6.45) is 2.79. The van der Waals surface area contributed by atoms with Crippen molar-refractivity contribution in [2.24, 2.45) is 0 Å². The van der Waals surface area contributed by atoms with Crippen LogP contribution in [0.4, 0.5) is 0 Å². The Morgan fingerprint density at radius 3 is 2.39 bits per heavy atom. The normalized spacial score (nSPS) is 10.3. The number of rotatable bonds is 5. The molecule has 1 aromatic carbocycles. The minimum Gasteiger partial charge on any atom is -0.463 e. The molecule has 18 heavy (non-hydrogen) atoms. The second kappa shape index (κ2) is 7.50. The van der Waals surface area contributed by atoms with Gasteiger partial charge in [-0.25, -0.2) is 9.59 Å². The summed E-state index contributed by atoms with van der Waals surface area (Å²) in [6.45, 7) is 2.21. The molecule has 4 nitrogen and oxygen atoms in total. The van der Waals surface area contributed by atoms with Crippen molar-refractivity contribution < 1.29 is 19.1 Å². The molecule has 0 aliphatic heterocycles. The minimum absolute atomic E-state index is 0.329. The van der Waals surface area contributed by atoms with E-state index in [0.717, 1.165) is 18.6 Å². The molecule has 0 saturated carbocycles. The summed E-state index contributed by atoms with van der Waals surface area (Å²) in [5.41, 5.74) is 0. The predicted octanol–water partition coefficient (Wildman–Crippen LogP) is 2.75. The second-order valence-corrected chi connectivity index (χ2v) is 3.81. The van der Waals surface area contributed by atoms with Crippen molar-refractivity contribution in [3.05, 3.63) is 41.4 Å². The van der Waals surface area contributed by atoms with Crippen molar-refractivity contribution in [2.45, 2.75) is 13.3 Å². The lowest BCUT2D eigenvalue weighted by Gasteiger charge is -2.00. The molecular formula is C13H13ClO4. The highest BCUT2D eigenvalue weighted by molar-refractivity contribution is 6.30. The van der Waals surface area contributed by atoms with Gasteiger partial charge in [0.15, 0.2) is 0 Å². The summed E-state index contributed by atoms with van der Waals surface area (Å²) < 4.78 is 9.69. The Bertz CT molecular complexity index is 437. The minimum atomic E-state index is -0.647. The topological polar surface area (TPSA) is 52.6 Å². The van der Waals surface area contributed by atoms with Crippen LogP contribution in [0.15, 0.2) is 36.4 Å². The van der Waals surface area contributed by atoms with E-state index in [1.165, 1.54) is 0 Å². The number of hydrogen-bond acceptors (Lipinski definition) is 4. The Balaban J connectivity index is 2.44. The van der Waals surface area contributed by atoms with E-state index in [0.29, 0.717) is 17.4 Å². The number of carbonyl (C=O) groups excluding carboxylic acids is 2. The van der Waals surface area contributed by atoms with Crippen LogP contribution >= 0.6 is 11.6 Å². The Morgan fingerprint density at radius 2 is 1.78 bits per heavy atom. The molecule has 0 saturated heterocycles. The smallest absolute Gasteiger partial charge is 0.336 e. The molecule has 1 rings (SSSR count). The van der Waals surface area contributed by atoms with Crippen molar-refractivity contribution in [3.8, 4) is 5.75 Å². The standard InChI is InChI=1S/C13H13ClO4/c1-2-9-17-12(15)7-8-13(16)18-11-5-3-10(14)4-6-11/h3-8H,2,9H2,1H3. The molecule has 0 aliphatic carbocycles. The van der Waals surface area contributed by atoms with Gasteiger partial charge in [0, 0.05) is 17.2 Å². The van der Waals surface area contributed by atoms with Crippen molar-refractivity contribution >= 4 is 23.5 Å². The molecule has 0 bridgehead atoms.